The molecule has 0 aromatic carbocycles. The minimum atomic E-state index is -0.250. The number of hydrogen-bond acceptors (Lipinski definition) is 1. The summed E-state index contributed by atoms with van der Waals surface area (Å²) in [7, 11) is -0.250. The van der Waals surface area contributed by atoms with Gasteiger partial charge in [-0.3, -0.25) is 0 Å². The zero-order chi connectivity index (χ0) is 2.71. The first kappa shape index (κ1) is 9.46. The van der Waals surface area contributed by atoms with Gasteiger partial charge in [0.15, 0.2) is 0 Å². The summed E-state index contributed by atoms with van der Waals surface area (Å²) >= 11 is 0. The van der Waals surface area contributed by atoms with Crippen LogP contribution in [0.25, 0.3) is 0 Å². The normalized spacial score (nSPS) is 2.00. The molecular weight excluding hydrogens is 58.8 g/mol. The molecule has 0 rings (SSSR count). The molecular formula is H3BO3. The Morgan fingerprint density at radius 2 is 1.75 bits per heavy atom. The Morgan fingerprint density at radius 3 is 1.75 bits per heavy atom. The fraction of sp³-hybridized carbons (Fsp3) is 0. The van der Waals surface area contributed by atoms with Crippen LogP contribution in [0.4, 0.5) is 0 Å². The van der Waals surface area contributed by atoms with E-state index in [4.69, 9.17) is 9.73 Å². The van der Waals surface area contributed by atoms with Crippen LogP contribution < -0.4 is 0 Å². The minimum absolute atomic E-state index is 0. The predicted octanol–water partition coefficient (Wildman–Crippen LogP) is -1.88. The standard InChI is InChI=1S/BHO2.H2O/c2-1-3;/h2H;1H2. The second-order valence-electron chi connectivity index (χ2n) is 0.105. The van der Waals surface area contributed by atoms with Crippen LogP contribution in [0.3, 0.4) is 0 Å². The molecule has 3 nitrogen and oxygen atoms in total. The molecule has 0 radical (unpaired) electrons. The molecule has 0 saturated carbocycles. The molecule has 0 atom stereocenters. The first-order valence-corrected chi connectivity index (χ1v) is 0.494. The summed E-state index contributed by atoms with van der Waals surface area (Å²) in [6.07, 6.45) is 0. The molecule has 0 heterocycles. The van der Waals surface area contributed by atoms with Gasteiger partial charge in [0.25, 0.3) is 0 Å². The van der Waals surface area contributed by atoms with Crippen LogP contribution in [0.5, 0.6) is 0 Å². The van der Waals surface area contributed by atoms with Crippen LogP contribution in [0.15, 0.2) is 0 Å². The quantitative estimate of drug-likeness (QED) is 0.333. The second-order valence-corrected chi connectivity index (χ2v) is 0.105. The first-order chi connectivity index (χ1) is 1.41. The summed E-state index contributed by atoms with van der Waals surface area (Å²) in [6.45, 7) is 0. The van der Waals surface area contributed by atoms with Crippen molar-refractivity contribution >= 4 is 7.35 Å². The van der Waals surface area contributed by atoms with Gasteiger partial charge in [0, 0.05) is 0 Å². The third-order valence-electron chi connectivity index (χ3n) is 0. The molecule has 0 saturated heterocycles. The molecule has 0 aliphatic carbocycles. The van der Waals surface area contributed by atoms with Crippen molar-refractivity contribution < 1.29 is 15.2 Å². The Bertz CT molecular complexity index is 10.8. The Balaban J connectivity index is 0. The van der Waals surface area contributed by atoms with Gasteiger partial charge in [-0.15, -0.1) is 0 Å². The first-order valence-electron chi connectivity index (χ1n) is 0.494. The summed E-state index contributed by atoms with van der Waals surface area (Å²) in [6, 6.07) is 0. The van der Waals surface area contributed by atoms with Crippen molar-refractivity contribution in [1.82, 2.24) is 0 Å². The van der Waals surface area contributed by atoms with Crippen molar-refractivity contribution in [2.75, 3.05) is 0 Å². The molecule has 4 heteroatoms. The Morgan fingerprint density at radius 1 is 1.75 bits per heavy atom. The molecule has 0 unspecified atom stereocenters. The summed E-state index contributed by atoms with van der Waals surface area (Å²) < 4.78 is 8.36. The van der Waals surface area contributed by atoms with Gasteiger partial charge in [-0.2, -0.15) is 0 Å². The molecule has 24 valence electrons. The van der Waals surface area contributed by atoms with Gasteiger partial charge < -0.3 is 5.48 Å². The van der Waals surface area contributed by atoms with Gasteiger partial charge in [0.2, 0.25) is 0 Å². The van der Waals surface area contributed by atoms with Gasteiger partial charge in [-0.1, -0.05) is 0 Å². The Kier molecular flexibility index (Phi) is 42.0. The topological polar surface area (TPSA) is 68.8 Å². The van der Waals surface area contributed by atoms with E-state index in [0.717, 1.165) is 0 Å². The zero-order valence-electron chi connectivity index (χ0n) is 1.93. The summed E-state index contributed by atoms with van der Waals surface area (Å²) in [4.78, 5) is 0. The molecule has 0 aromatic heterocycles. The van der Waals surface area contributed by atoms with Gasteiger partial charge in [0.1, 0.15) is 0 Å². The SMILES string of the molecule is O.O=BO. The molecule has 0 spiro atoms. The van der Waals surface area contributed by atoms with E-state index in [1.165, 1.54) is 0 Å². The zero-order valence-corrected chi connectivity index (χ0v) is 1.93. The molecule has 0 aliphatic heterocycles. The van der Waals surface area contributed by atoms with E-state index in [9.17, 15) is 0 Å². The average molecular weight is 61.8 g/mol. The van der Waals surface area contributed by atoms with E-state index in [0.29, 0.717) is 0 Å². The molecule has 3 N–H and O–H groups in total. The van der Waals surface area contributed by atoms with Gasteiger partial charge in [0.05, 0.1) is 0 Å². The molecule has 0 amide bonds. The molecule has 4 heavy (non-hydrogen) atoms. The van der Waals surface area contributed by atoms with Crippen LogP contribution in [-0.2, 0) is 4.70 Å². The molecule has 0 bridgehead atoms. The van der Waals surface area contributed by atoms with Crippen molar-refractivity contribution in [3.63, 3.8) is 0 Å². The molecule has 0 fully saturated rings. The van der Waals surface area contributed by atoms with Crippen molar-refractivity contribution in [1.29, 1.82) is 0 Å². The predicted molar refractivity (Wildman–Crippen MR) is 12.3 cm³/mol. The van der Waals surface area contributed by atoms with Gasteiger partial charge >= 0.3 is 17.1 Å². The average Bonchev–Trinajstić information content (AvgIpc) is 0.918. The van der Waals surface area contributed by atoms with E-state index in [1.54, 1.807) is 0 Å². The van der Waals surface area contributed by atoms with E-state index < -0.39 is 0 Å². The van der Waals surface area contributed by atoms with Crippen LogP contribution in [0.2, 0.25) is 0 Å². The van der Waals surface area contributed by atoms with Crippen LogP contribution in [0.1, 0.15) is 0 Å². The van der Waals surface area contributed by atoms with Crippen LogP contribution >= 0.6 is 0 Å². The van der Waals surface area contributed by atoms with Crippen molar-refractivity contribution in [2.24, 2.45) is 0 Å². The maximum atomic E-state index is 8.36. The Labute approximate surface area is 23.8 Å². The monoisotopic (exact) mass is 62.0 g/mol. The summed E-state index contributed by atoms with van der Waals surface area (Å²) in [5, 5.41) is 6.89. The number of rotatable bonds is 0. The van der Waals surface area contributed by atoms with Crippen LogP contribution in [0, 0.1) is 0 Å². The third-order valence-corrected chi connectivity index (χ3v) is 0. The van der Waals surface area contributed by atoms with Crippen molar-refractivity contribution in [3.8, 4) is 0 Å². The Hall–Kier alpha value is -0.375. The summed E-state index contributed by atoms with van der Waals surface area (Å²) in [5.41, 5.74) is 0. The summed E-state index contributed by atoms with van der Waals surface area (Å²) in [5.74, 6) is 0. The van der Waals surface area contributed by atoms with Gasteiger partial charge in [-0.05, 0) is 0 Å². The van der Waals surface area contributed by atoms with E-state index in [1.807, 2.05) is 0 Å². The fourth-order valence-corrected chi connectivity index (χ4v) is 0. The van der Waals surface area contributed by atoms with E-state index in [2.05, 4.69) is 0 Å². The molecule has 0 aliphatic rings. The second kappa shape index (κ2) is 17.7. The number of hydrogen-bond donors (Lipinski definition) is 1. The third kappa shape index (κ3) is 4.51. The van der Waals surface area contributed by atoms with E-state index >= 15 is 0 Å². The fourth-order valence-electron chi connectivity index (χ4n) is 0. The van der Waals surface area contributed by atoms with Gasteiger partial charge in [-0.25, -0.2) is 0 Å². The van der Waals surface area contributed by atoms with Crippen LogP contribution in [-0.4, -0.2) is 17.9 Å². The molecule has 0 aromatic rings. The van der Waals surface area contributed by atoms with E-state index in [-0.39, 0.29) is 12.8 Å². The van der Waals surface area contributed by atoms with Crippen molar-refractivity contribution in [2.45, 2.75) is 0 Å². The maximum absolute atomic E-state index is 8.36. The van der Waals surface area contributed by atoms with Crippen molar-refractivity contribution in [3.05, 3.63) is 0 Å².